The molecule has 2 saturated carbocycles. The number of carbonyl (C=O) groups excluding carboxylic acids is 2. The van der Waals surface area contributed by atoms with E-state index in [-0.39, 0.29) is 35.4 Å². The van der Waals surface area contributed by atoms with E-state index in [4.69, 9.17) is 9.72 Å². The fourth-order valence-electron chi connectivity index (χ4n) is 5.15. The van der Waals surface area contributed by atoms with Gasteiger partial charge in [0.1, 0.15) is 0 Å². The van der Waals surface area contributed by atoms with E-state index in [0.717, 1.165) is 44.2 Å². The third-order valence-corrected chi connectivity index (χ3v) is 8.98. The van der Waals surface area contributed by atoms with Crippen molar-refractivity contribution in [3.05, 3.63) is 23.0 Å². The van der Waals surface area contributed by atoms with Crippen LogP contribution in [0.3, 0.4) is 0 Å². The predicted molar refractivity (Wildman–Crippen MR) is 126 cm³/mol. The normalized spacial score (nSPS) is 23.6. The highest BCUT2D eigenvalue weighted by Crippen LogP contribution is 2.41. The van der Waals surface area contributed by atoms with Crippen molar-refractivity contribution in [3.63, 3.8) is 0 Å². The summed E-state index contributed by atoms with van der Waals surface area (Å²) in [5.41, 5.74) is 2.25. The first kappa shape index (κ1) is 23.3. The van der Waals surface area contributed by atoms with E-state index in [0.29, 0.717) is 28.7 Å². The topological polar surface area (TPSA) is 120 Å². The van der Waals surface area contributed by atoms with Gasteiger partial charge >= 0.3 is 5.97 Å². The van der Waals surface area contributed by atoms with Crippen LogP contribution < -0.4 is 5.32 Å². The van der Waals surface area contributed by atoms with Crippen molar-refractivity contribution in [2.75, 3.05) is 11.5 Å². The molecular formula is C24H32N4O5S. The lowest BCUT2D eigenvalue weighted by molar-refractivity contribution is -0.130. The van der Waals surface area contributed by atoms with Gasteiger partial charge in [-0.3, -0.25) is 4.79 Å². The molecule has 2 aromatic rings. The second kappa shape index (κ2) is 8.94. The molecule has 0 unspecified atom stereocenters. The van der Waals surface area contributed by atoms with Gasteiger partial charge in [-0.2, -0.15) is 5.10 Å². The molecule has 10 heteroatoms. The largest absolute Gasteiger partial charge is 0.449 e. The Labute approximate surface area is 199 Å². The number of nitrogens with zero attached hydrogens (tertiary/aromatic N) is 3. The second-order valence-corrected chi connectivity index (χ2v) is 12.3. The number of carbonyl (C=O) groups is 2. The molecule has 2 atom stereocenters. The van der Waals surface area contributed by atoms with Crippen LogP contribution in [0.5, 0.6) is 0 Å². The third kappa shape index (κ3) is 4.69. The molecule has 5 rings (SSSR count). The third-order valence-electron chi connectivity index (χ3n) is 7.23. The number of aryl methyl sites for hydroxylation is 1. The minimum Gasteiger partial charge on any atom is -0.449 e. The van der Waals surface area contributed by atoms with Crippen LogP contribution in [0.4, 0.5) is 0 Å². The molecule has 3 fully saturated rings. The lowest BCUT2D eigenvalue weighted by atomic mass is 9.95. The lowest BCUT2D eigenvalue weighted by Crippen LogP contribution is -2.42. The average Bonchev–Trinajstić information content (AvgIpc) is 3.52. The highest BCUT2D eigenvalue weighted by molar-refractivity contribution is 7.91. The molecule has 9 nitrogen and oxygen atoms in total. The SMILES string of the molecule is Cc1nn([C@H]2CCS(=O)(=O)C2)c2nc(C3CC3)cc(C(=O)O[C@H](C)C(=O)NC3CCCCC3)c12. The van der Waals surface area contributed by atoms with Gasteiger partial charge in [0, 0.05) is 17.7 Å². The van der Waals surface area contributed by atoms with E-state index in [1.54, 1.807) is 24.6 Å². The standard InChI is InChI=1S/C24H32N4O5S/c1-14-21-19(24(30)33-15(2)23(29)25-17-6-4-3-5-7-17)12-20(16-8-9-16)26-22(21)28(27-14)18-10-11-34(31,32)13-18/h12,15-18H,3-11,13H2,1-2H3,(H,25,29)/t15-,18+/m1/s1. The zero-order valence-electron chi connectivity index (χ0n) is 19.7. The maximum Gasteiger partial charge on any atom is 0.339 e. The number of nitrogens with one attached hydrogen (secondary N) is 1. The van der Waals surface area contributed by atoms with Gasteiger partial charge in [0.2, 0.25) is 0 Å². The Morgan fingerprint density at radius 2 is 1.88 bits per heavy atom. The van der Waals surface area contributed by atoms with Gasteiger partial charge in [-0.25, -0.2) is 22.9 Å². The molecule has 1 amide bonds. The highest BCUT2D eigenvalue weighted by atomic mass is 32.2. The van der Waals surface area contributed by atoms with Crippen molar-refractivity contribution in [1.82, 2.24) is 20.1 Å². The molecule has 184 valence electrons. The van der Waals surface area contributed by atoms with Crippen LogP contribution >= 0.6 is 0 Å². The van der Waals surface area contributed by atoms with Crippen LogP contribution in [-0.2, 0) is 19.4 Å². The maximum atomic E-state index is 13.3. The Hall–Kier alpha value is -2.49. The predicted octanol–water partition coefficient (Wildman–Crippen LogP) is 2.97. The van der Waals surface area contributed by atoms with E-state index in [1.165, 1.54) is 6.42 Å². The lowest BCUT2D eigenvalue weighted by Gasteiger charge is -2.24. The number of fused-ring (bicyclic) bond motifs is 1. The molecule has 34 heavy (non-hydrogen) atoms. The Bertz CT molecular complexity index is 1230. The van der Waals surface area contributed by atoms with Crippen LogP contribution in [-0.4, -0.2) is 58.7 Å². The molecule has 1 N–H and O–H groups in total. The number of ether oxygens (including phenoxy) is 1. The first-order valence-corrected chi connectivity index (χ1v) is 14.2. The molecule has 2 aromatic heterocycles. The Morgan fingerprint density at radius 1 is 1.15 bits per heavy atom. The van der Waals surface area contributed by atoms with Crippen LogP contribution in [0.1, 0.15) is 92.0 Å². The molecule has 0 spiro atoms. The van der Waals surface area contributed by atoms with Crippen molar-refractivity contribution in [1.29, 1.82) is 0 Å². The molecule has 0 radical (unpaired) electrons. The number of sulfone groups is 1. The molecule has 0 bridgehead atoms. The molecule has 0 aromatic carbocycles. The van der Waals surface area contributed by atoms with E-state index < -0.39 is 21.9 Å². The zero-order chi connectivity index (χ0) is 24.0. The number of rotatable bonds is 6. The first-order valence-electron chi connectivity index (χ1n) is 12.3. The molecule has 3 heterocycles. The maximum absolute atomic E-state index is 13.3. The molecule has 1 aliphatic heterocycles. The molecule has 1 saturated heterocycles. The summed E-state index contributed by atoms with van der Waals surface area (Å²) in [6, 6.07) is 1.60. The number of aromatic nitrogens is 3. The fraction of sp³-hybridized carbons (Fsp3) is 0.667. The van der Waals surface area contributed by atoms with Gasteiger partial charge in [0.25, 0.3) is 5.91 Å². The van der Waals surface area contributed by atoms with Gasteiger partial charge in [0.15, 0.2) is 21.6 Å². The minimum atomic E-state index is -3.11. The summed E-state index contributed by atoms with van der Waals surface area (Å²) in [5, 5.41) is 8.17. The van der Waals surface area contributed by atoms with Gasteiger partial charge in [-0.05, 0) is 52.0 Å². The van der Waals surface area contributed by atoms with Crippen molar-refractivity contribution < 1.29 is 22.7 Å². The van der Waals surface area contributed by atoms with Crippen molar-refractivity contribution in [2.45, 2.75) is 89.3 Å². The fourth-order valence-corrected chi connectivity index (χ4v) is 6.84. The Kier molecular flexibility index (Phi) is 6.12. The summed E-state index contributed by atoms with van der Waals surface area (Å²) in [5.74, 6) is -0.433. The minimum absolute atomic E-state index is 0.0245. The van der Waals surface area contributed by atoms with Gasteiger partial charge in [0.05, 0.1) is 34.2 Å². The number of hydrogen-bond donors (Lipinski definition) is 1. The van der Waals surface area contributed by atoms with E-state index in [9.17, 15) is 18.0 Å². The number of amides is 1. The number of pyridine rings is 1. The van der Waals surface area contributed by atoms with Crippen LogP contribution in [0, 0.1) is 6.92 Å². The summed E-state index contributed by atoms with van der Waals surface area (Å²) < 4.78 is 31.4. The second-order valence-electron chi connectivity index (χ2n) is 10.0. The van der Waals surface area contributed by atoms with Crippen molar-refractivity contribution in [3.8, 4) is 0 Å². The van der Waals surface area contributed by atoms with E-state index >= 15 is 0 Å². The number of hydrogen-bond acceptors (Lipinski definition) is 7. The van der Waals surface area contributed by atoms with Crippen LogP contribution in [0.15, 0.2) is 6.07 Å². The van der Waals surface area contributed by atoms with Crippen LogP contribution in [0.2, 0.25) is 0 Å². The monoisotopic (exact) mass is 488 g/mol. The molecular weight excluding hydrogens is 456 g/mol. The van der Waals surface area contributed by atoms with Gasteiger partial charge in [-0.1, -0.05) is 19.3 Å². The van der Waals surface area contributed by atoms with E-state index in [2.05, 4.69) is 10.4 Å². The Morgan fingerprint density at radius 3 is 2.53 bits per heavy atom. The molecule has 2 aliphatic carbocycles. The summed E-state index contributed by atoms with van der Waals surface area (Å²) in [6.07, 6.45) is 6.86. The summed E-state index contributed by atoms with van der Waals surface area (Å²) in [6.45, 7) is 3.38. The summed E-state index contributed by atoms with van der Waals surface area (Å²) in [4.78, 5) is 30.7. The van der Waals surface area contributed by atoms with E-state index in [1.807, 2.05) is 0 Å². The summed E-state index contributed by atoms with van der Waals surface area (Å²) >= 11 is 0. The van der Waals surface area contributed by atoms with Crippen molar-refractivity contribution in [2.24, 2.45) is 0 Å². The smallest absolute Gasteiger partial charge is 0.339 e. The first-order chi connectivity index (χ1) is 16.2. The summed E-state index contributed by atoms with van der Waals surface area (Å²) in [7, 11) is -3.11. The van der Waals surface area contributed by atoms with Gasteiger partial charge < -0.3 is 10.1 Å². The Balaban J connectivity index is 1.43. The van der Waals surface area contributed by atoms with Gasteiger partial charge in [-0.15, -0.1) is 0 Å². The molecule has 3 aliphatic rings. The zero-order valence-corrected chi connectivity index (χ0v) is 20.6. The van der Waals surface area contributed by atoms with Crippen LogP contribution in [0.25, 0.3) is 11.0 Å². The average molecular weight is 489 g/mol. The van der Waals surface area contributed by atoms with Crippen molar-refractivity contribution >= 4 is 32.7 Å². The highest BCUT2D eigenvalue weighted by Gasteiger charge is 2.34. The number of esters is 1. The quantitative estimate of drug-likeness (QED) is 0.621.